The fourth-order valence-corrected chi connectivity index (χ4v) is 3.20. The predicted octanol–water partition coefficient (Wildman–Crippen LogP) is 4.86. The van der Waals surface area contributed by atoms with Crippen LogP contribution in [0.5, 0.6) is 0 Å². The highest BCUT2D eigenvalue weighted by Gasteiger charge is 2.10. The lowest BCUT2D eigenvalue weighted by atomic mass is 10.1. The molecule has 0 atom stereocenters. The molecule has 0 radical (unpaired) electrons. The fraction of sp³-hybridized carbons (Fsp3) is 0.143. The molecule has 0 aliphatic heterocycles. The van der Waals surface area contributed by atoms with E-state index in [0.717, 1.165) is 33.5 Å². The molecule has 4 rings (SSSR count). The van der Waals surface area contributed by atoms with Crippen LogP contribution < -0.4 is 10.2 Å². The van der Waals surface area contributed by atoms with Gasteiger partial charge in [-0.1, -0.05) is 30.3 Å². The van der Waals surface area contributed by atoms with E-state index in [9.17, 15) is 0 Å². The largest absolute Gasteiger partial charge is 0.377 e. The number of hydrogen-bond acceptors (Lipinski definition) is 6. The second kappa shape index (κ2) is 7.40. The molecule has 1 N–H and O–H groups in total. The van der Waals surface area contributed by atoms with Gasteiger partial charge in [-0.15, -0.1) is 0 Å². The summed E-state index contributed by atoms with van der Waals surface area (Å²) >= 11 is 6.13. The van der Waals surface area contributed by atoms with E-state index in [2.05, 4.69) is 36.2 Å². The van der Waals surface area contributed by atoms with Crippen LogP contribution in [0.3, 0.4) is 0 Å². The zero-order valence-corrected chi connectivity index (χ0v) is 16.6. The molecule has 0 bridgehead atoms. The van der Waals surface area contributed by atoms with Gasteiger partial charge in [-0.2, -0.15) is 15.0 Å². The van der Waals surface area contributed by atoms with Crippen molar-refractivity contribution in [2.45, 2.75) is 6.92 Å². The molecule has 2 aromatic heterocycles. The predicted molar refractivity (Wildman–Crippen MR) is 114 cm³/mol. The summed E-state index contributed by atoms with van der Waals surface area (Å²) in [5.74, 6) is 0.917. The molecule has 0 aliphatic carbocycles. The van der Waals surface area contributed by atoms with Crippen LogP contribution in [0.4, 0.5) is 17.3 Å². The summed E-state index contributed by atoms with van der Waals surface area (Å²) < 4.78 is 0. The summed E-state index contributed by atoms with van der Waals surface area (Å²) in [7, 11) is 4.04. The Bertz CT molecular complexity index is 1140. The van der Waals surface area contributed by atoms with Crippen molar-refractivity contribution in [1.29, 1.82) is 0 Å². The smallest absolute Gasteiger partial charge is 0.232 e. The quantitative estimate of drug-likeness (QED) is 0.536. The van der Waals surface area contributed by atoms with Crippen LogP contribution >= 0.6 is 11.6 Å². The van der Waals surface area contributed by atoms with Crippen molar-refractivity contribution in [3.63, 3.8) is 0 Å². The number of nitrogens with one attached hydrogen (secondary N) is 1. The Morgan fingerprint density at radius 3 is 2.43 bits per heavy atom. The summed E-state index contributed by atoms with van der Waals surface area (Å²) in [6.07, 6.45) is 0. The summed E-state index contributed by atoms with van der Waals surface area (Å²) in [4.78, 5) is 19.6. The molecule has 7 heteroatoms. The van der Waals surface area contributed by atoms with Crippen LogP contribution in [-0.4, -0.2) is 34.0 Å². The van der Waals surface area contributed by atoms with E-state index in [0.29, 0.717) is 11.8 Å². The molecule has 4 aromatic rings. The zero-order valence-electron chi connectivity index (χ0n) is 15.8. The molecule has 0 saturated heterocycles. The van der Waals surface area contributed by atoms with Crippen molar-refractivity contribution >= 4 is 39.8 Å². The van der Waals surface area contributed by atoms with Gasteiger partial charge in [0.15, 0.2) is 5.82 Å². The first kappa shape index (κ1) is 18.1. The Morgan fingerprint density at radius 2 is 1.68 bits per heavy atom. The van der Waals surface area contributed by atoms with Crippen molar-refractivity contribution in [3.05, 3.63) is 65.6 Å². The molecule has 2 heterocycles. The Labute approximate surface area is 168 Å². The van der Waals surface area contributed by atoms with Crippen LogP contribution in [-0.2, 0) is 0 Å². The number of aryl methyl sites for hydroxylation is 1. The fourth-order valence-electron chi connectivity index (χ4n) is 3.04. The maximum absolute atomic E-state index is 6.13. The summed E-state index contributed by atoms with van der Waals surface area (Å²) in [5, 5.41) is 4.42. The van der Waals surface area contributed by atoms with Gasteiger partial charge in [-0.05, 0) is 42.8 Å². The van der Waals surface area contributed by atoms with Crippen LogP contribution in [0.25, 0.3) is 22.3 Å². The van der Waals surface area contributed by atoms with Gasteiger partial charge in [-0.3, -0.25) is 4.98 Å². The second-order valence-corrected chi connectivity index (χ2v) is 6.99. The number of pyridine rings is 1. The third-order valence-corrected chi connectivity index (χ3v) is 4.46. The van der Waals surface area contributed by atoms with Crippen molar-refractivity contribution in [3.8, 4) is 11.4 Å². The van der Waals surface area contributed by atoms with E-state index in [4.69, 9.17) is 11.6 Å². The molecule has 0 spiro atoms. The van der Waals surface area contributed by atoms with E-state index in [1.807, 2.05) is 69.6 Å². The van der Waals surface area contributed by atoms with Crippen LogP contribution in [0.15, 0.2) is 54.6 Å². The van der Waals surface area contributed by atoms with Gasteiger partial charge >= 0.3 is 0 Å². The van der Waals surface area contributed by atoms with E-state index in [1.165, 1.54) is 0 Å². The maximum Gasteiger partial charge on any atom is 0.232 e. The van der Waals surface area contributed by atoms with Crippen molar-refractivity contribution < 1.29 is 0 Å². The molecule has 0 unspecified atom stereocenters. The van der Waals surface area contributed by atoms with Crippen molar-refractivity contribution in [2.75, 3.05) is 24.3 Å². The molecule has 0 aliphatic rings. The monoisotopic (exact) mass is 390 g/mol. The van der Waals surface area contributed by atoms with Gasteiger partial charge in [0.1, 0.15) is 0 Å². The van der Waals surface area contributed by atoms with Gasteiger partial charge in [0.05, 0.1) is 5.52 Å². The third kappa shape index (κ3) is 3.73. The minimum Gasteiger partial charge on any atom is -0.377 e. The van der Waals surface area contributed by atoms with Gasteiger partial charge in [0, 0.05) is 42.1 Å². The topological polar surface area (TPSA) is 66.8 Å². The minimum absolute atomic E-state index is 0.142. The Morgan fingerprint density at radius 1 is 0.893 bits per heavy atom. The molecular weight excluding hydrogens is 372 g/mol. The van der Waals surface area contributed by atoms with Crippen molar-refractivity contribution in [1.82, 2.24) is 19.9 Å². The van der Waals surface area contributed by atoms with Crippen LogP contribution in [0.1, 0.15) is 5.69 Å². The van der Waals surface area contributed by atoms with Crippen LogP contribution in [0.2, 0.25) is 5.28 Å². The number of fused-ring (bicyclic) bond motifs is 1. The molecule has 0 saturated carbocycles. The van der Waals surface area contributed by atoms with E-state index in [1.54, 1.807) is 0 Å². The number of benzene rings is 2. The first-order valence-corrected chi connectivity index (χ1v) is 9.20. The summed E-state index contributed by atoms with van der Waals surface area (Å²) in [6, 6.07) is 17.7. The maximum atomic E-state index is 6.13. The lowest BCUT2D eigenvalue weighted by molar-refractivity contribution is 1.06. The lowest BCUT2D eigenvalue weighted by Crippen LogP contribution is -2.10. The van der Waals surface area contributed by atoms with Gasteiger partial charge in [0.25, 0.3) is 0 Å². The van der Waals surface area contributed by atoms with Gasteiger partial charge < -0.3 is 10.2 Å². The number of anilines is 3. The van der Waals surface area contributed by atoms with Gasteiger partial charge in [0.2, 0.25) is 11.2 Å². The highest BCUT2D eigenvalue weighted by molar-refractivity contribution is 6.28. The average molecular weight is 391 g/mol. The molecule has 140 valence electrons. The molecule has 28 heavy (non-hydrogen) atoms. The number of nitrogens with zero attached hydrogens (tertiary/aromatic N) is 5. The van der Waals surface area contributed by atoms with Gasteiger partial charge in [-0.25, -0.2) is 0 Å². The number of aromatic nitrogens is 4. The van der Waals surface area contributed by atoms with E-state index < -0.39 is 0 Å². The Kier molecular flexibility index (Phi) is 4.79. The van der Waals surface area contributed by atoms with E-state index in [-0.39, 0.29) is 5.28 Å². The minimum atomic E-state index is 0.142. The zero-order chi connectivity index (χ0) is 19.7. The normalized spacial score (nSPS) is 10.9. The number of hydrogen-bond donors (Lipinski definition) is 1. The molecule has 0 fully saturated rings. The van der Waals surface area contributed by atoms with Crippen LogP contribution in [0, 0.1) is 6.92 Å². The molecular formula is C21H19ClN6. The number of rotatable bonds is 4. The average Bonchev–Trinajstić information content (AvgIpc) is 2.68. The van der Waals surface area contributed by atoms with Crippen molar-refractivity contribution in [2.24, 2.45) is 0 Å². The molecule has 6 nitrogen and oxygen atoms in total. The summed E-state index contributed by atoms with van der Waals surface area (Å²) in [5.41, 5.74) is 4.75. The molecule has 0 amide bonds. The third-order valence-electron chi connectivity index (χ3n) is 4.29. The first-order valence-electron chi connectivity index (χ1n) is 8.82. The lowest BCUT2D eigenvalue weighted by Gasteiger charge is -2.17. The van der Waals surface area contributed by atoms with E-state index >= 15 is 0 Å². The highest BCUT2D eigenvalue weighted by atomic mass is 35.5. The first-order chi connectivity index (χ1) is 13.5. The Balaban J connectivity index is 1.73. The second-order valence-electron chi connectivity index (χ2n) is 6.65. The SMILES string of the molecule is Cc1cc(N(C)C)c2cc(Nc3nc(Cl)nc(-c4ccccc4)n3)ccc2n1. The standard InChI is InChI=1S/C21H19ClN6/c1-13-11-18(28(2)3)16-12-15(9-10-17(16)23-13)24-21-26-19(25-20(22)27-21)14-7-5-4-6-8-14/h4-12H,1-3H3,(H,24,25,26,27). The summed E-state index contributed by atoms with van der Waals surface area (Å²) in [6.45, 7) is 2.00. The number of halogens is 1. The Hall–Kier alpha value is -3.25. The highest BCUT2D eigenvalue weighted by Crippen LogP contribution is 2.29. The molecule has 2 aromatic carbocycles.